The number of aliphatic hydroxyl groups is 3. The summed E-state index contributed by atoms with van der Waals surface area (Å²) in [6.45, 7) is 4.53. The van der Waals surface area contributed by atoms with E-state index in [4.69, 9.17) is 0 Å². The molecule has 0 amide bonds. The Morgan fingerprint density at radius 1 is 0.326 bits per heavy atom. The van der Waals surface area contributed by atoms with E-state index in [0.29, 0.717) is 12.8 Å². The van der Waals surface area contributed by atoms with Gasteiger partial charge in [-0.25, -0.2) is 0 Å². The fraction of sp³-hybridized carbons (Fsp3) is 0.951. The van der Waals surface area contributed by atoms with Gasteiger partial charge in [0.05, 0.1) is 0 Å². The molecule has 0 bridgehead atoms. The van der Waals surface area contributed by atoms with Crippen LogP contribution < -0.4 is 0 Å². The third kappa shape index (κ3) is 29.4. The molecule has 5 nitrogen and oxygen atoms in total. The van der Waals surface area contributed by atoms with Crippen LogP contribution in [0.1, 0.15) is 232 Å². The molecule has 0 spiro atoms. The molecule has 0 saturated heterocycles. The minimum absolute atomic E-state index is 0.177. The number of aliphatic hydroxyl groups excluding tert-OH is 3. The molecule has 46 heavy (non-hydrogen) atoms. The van der Waals surface area contributed by atoms with E-state index in [-0.39, 0.29) is 12.8 Å². The average molecular weight is 653 g/mol. The number of hydrogen-bond donors (Lipinski definition) is 3. The van der Waals surface area contributed by atoms with E-state index in [1.807, 2.05) is 0 Å². The Hall–Kier alpha value is -0.780. The molecule has 0 aromatic carbocycles. The number of hydrogen-bond acceptors (Lipinski definition) is 5. The van der Waals surface area contributed by atoms with Crippen molar-refractivity contribution in [2.24, 2.45) is 0 Å². The third-order valence-electron chi connectivity index (χ3n) is 9.86. The van der Waals surface area contributed by atoms with Crippen LogP contribution in [0.5, 0.6) is 0 Å². The molecule has 274 valence electrons. The number of carbonyl (C=O) groups is 2. The van der Waals surface area contributed by atoms with Crippen molar-refractivity contribution in [2.45, 2.75) is 250 Å². The van der Waals surface area contributed by atoms with E-state index in [9.17, 15) is 24.9 Å². The zero-order valence-electron chi connectivity index (χ0n) is 30.9. The Balaban J connectivity index is 3.63. The van der Waals surface area contributed by atoms with E-state index < -0.39 is 29.9 Å². The Morgan fingerprint density at radius 2 is 0.500 bits per heavy atom. The first-order valence-electron chi connectivity index (χ1n) is 20.5. The Morgan fingerprint density at radius 3 is 0.696 bits per heavy atom. The van der Waals surface area contributed by atoms with Crippen LogP contribution in [0, 0.1) is 0 Å². The second kappa shape index (κ2) is 35.5. The molecular weight excluding hydrogens is 572 g/mol. The van der Waals surface area contributed by atoms with Crippen LogP contribution in [0.4, 0.5) is 0 Å². The SMILES string of the molecule is CCCCCCCCCCCCCCCCCCC(=O)C(O)C(O)C(O)C(=O)CCCCCCCCCCCCCCCCCC. The van der Waals surface area contributed by atoms with E-state index >= 15 is 0 Å². The molecule has 0 aliphatic rings. The Bertz CT molecular complexity index is 597. The summed E-state index contributed by atoms with van der Waals surface area (Å²) in [6, 6.07) is 0. The topological polar surface area (TPSA) is 94.8 Å². The predicted molar refractivity (Wildman–Crippen MR) is 196 cm³/mol. The first-order chi connectivity index (χ1) is 22.5. The van der Waals surface area contributed by atoms with Gasteiger partial charge in [-0.2, -0.15) is 0 Å². The van der Waals surface area contributed by atoms with Crippen molar-refractivity contribution in [1.82, 2.24) is 0 Å². The van der Waals surface area contributed by atoms with Gasteiger partial charge in [-0.1, -0.05) is 206 Å². The summed E-state index contributed by atoms with van der Waals surface area (Å²) in [4.78, 5) is 24.7. The van der Waals surface area contributed by atoms with Crippen molar-refractivity contribution in [3.63, 3.8) is 0 Å². The van der Waals surface area contributed by atoms with Crippen LogP contribution in [-0.2, 0) is 9.59 Å². The maximum Gasteiger partial charge on any atom is 0.164 e. The van der Waals surface area contributed by atoms with Crippen LogP contribution in [-0.4, -0.2) is 45.2 Å². The maximum absolute atomic E-state index is 12.3. The van der Waals surface area contributed by atoms with E-state index in [1.54, 1.807) is 0 Å². The van der Waals surface area contributed by atoms with Gasteiger partial charge in [-0.3, -0.25) is 9.59 Å². The fourth-order valence-corrected chi connectivity index (χ4v) is 6.54. The van der Waals surface area contributed by atoms with E-state index in [2.05, 4.69) is 13.8 Å². The van der Waals surface area contributed by atoms with Crippen molar-refractivity contribution in [3.8, 4) is 0 Å². The zero-order chi connectivity index (χ0) is 33.9. The first-order valence-corrected chi connectivity index (χ1v) is 20.5. The summed E-state index contributed by atoms with van der Waals surface area (Å²) in [5.74, 6) is -0.959. The van der Waals surface area contributed by atoms with Gasteiger partial charge in [0.2, 0.25) is 0 Å². The van der Waals surface area contributed by atoms with Gasteiger partial charge in [0.25, 0.3) is 0 Å². The summed E-state index contributed by atoms with van der Waals surface area (Å²) < 4.78 is 0. The number of carbonyl (C=O) groups excluding carboxylic acids is 2. The smallest absolute Gasteiger partial charge is 0.164 e. The fourth-order valence-electron chi connectivity index (χ4n) is 6.54. The minimum atomic E-state index is -1.73. The molecule has 0 rings (SSSR count). The Labute approximate surface area is 286 Å². The lowest BCUT2D eigenvalue weighted by atomic mass is 9.95. The van der Waals surface area contributed by atoms with Gasteiger partial charge in [-0.15, -0.1) is 0 Å². The van der Waals surface area contributed by atoms with Gasteiger partial charge in [0.1, 0.15) is 18.3 Å². The second-order valence-electron chi connectivity index (χ2n) is 14.4. The predicted octanol–water partition coefficient (Wildman–Crippen LogP) is 11.5. The molecule has 2 unspecified atom stereocenters. The largest absolute Gasteiger partial charge is 0.387 e. The van der Waals surface area contributed by atoms with Crippen molar-refractivity contribution in [2.75, 3.05) is 0 Å². The highest BCUT2D eigenvalue weighted by Gasteiger charge is 2.33. The van der Waals surface area contributed by atoms with Crippen molar-refractivity contribution < 1.29 is 24.9 Å². The number of ketones is 2. The summed E-state index contributed by atoms with van der Waals surface area (Å²) in [5, 5.41) is 30.7. The van der Waals surface area contributed by atoms with Crippen molar-refractivity contribution in [1.29, 1.82) is 0 Å². The summed E-state index contributed by atoms with van der Waals surface area (Å²) in [6.07, 6.45) is 35.4. The molecule has 0 aliphatic carbocycles. The second-order valence-corrected chi connectivity index (χ2v) is 14.4. The maximum atomic E-state index is 12.3. The summed E-state index contributed by atoms with van der Waals surface area (Å²) in [7, 11) is 0. The lowest BCUT2D eigenvalue weighted by Crippen LogP contribution is -2.45. The van der Waals surface area contributed by atoms with Crippen molar-refractivity contribution in [3.05, 3.63) is 0 Å². The number of rotatable bonds is 38. The van der Waals surface area contributed by atoms with Crippen LogP contribution in [0.3, 0.4) is 0 Å². The van der Waals surface area contributed by atoms with Crippen LogP contribution in [0.2, 0.25) is 0 Å². The van der Waals surface area contributed by atoms with E-state index in [1.165, 1.54) is 167 Å². The lowest BCUT2D eigenvalue weighted by Gasteiger charge is -2.21. The molecule has 0 fully saturated rings. The highest BCUT2D eigenvalue weighted by molar-refractivity contribution is 5.87. The monoisotopic (exact) mass is 653 g/mol. The van der Waals surface area contributed by atoms with Gasteiger partial charge in [-0.05, 0) is 12.8 Å². The lowest BCUT2D eigenvalue weighted by molar-refractivity contribution is -0.146. The van der Waals surface area contributed by atoms with Gasteiger partial charge < -0.3 is 15.3 Å². The van der Waals surface area contributed by atoms with Gasteiger partial charge in [0, 0.05) is 12.8 Å². The van der Waals surface area contributed by atoms with Gasteiger partial charge in [0.15, 0.2) is 11.6 Å². The van der Waals surface area contributed by atoms with Crippen molar-refractivity contribution >= 4 is 11.6 Å². The van der Waals surface area contributed by atoms with E-state index in [0.717, 1.165) is 25.7 Å². The molecule has 0 aliphatic heterocycles. The first kappa shape index (κ1) is 45.2. The number of Topliss-reactive ketones (excluding diaryl/α,β-unsaturated/α-hetero) is 2. The standard InChI is InChI=1S/C41H80O5/c1-3-5-7-9-11-13-15-17-19-21-23-25-27-29-31-33-35-37(42)39(44)41(46)40(45)38(43)36-34-32-30-28-26-24-22-20-18-16-14-12-10-8-6-4-2/h39-41,44-46H,3-36H2,1-2H3. The van der Waals surface area contributed by atoms with Crippen LogP contribution >= 0.6 is 0 Å². The van der Waals surface area contributed by atoms with Crippen LogP contribution in [0.15, 0.2) is 0 Å². The molecular formula is C41H80O5. The molecule has 0 heterocycles. The minimum Gasteiger partial charge on any atom is -0.387 e. The third-order valence-corrected chi connectivity index (χ3v) is 9.86. The number of unbranched alkanes of at least 4 members (excludes halogenated alkanes) is 30. The summed E-state index contributed by atoms with van der Waals surface area (Å²) >= 11 is 0. The Kier molecular flexibility index (Phi) is 34.9. The highest BCUT2D eigenvalue weighted by atomic mass is 16.4. The van der Waals surface area contributed by atoms with Crippen LogP contribution in [0.25, 0.3) is 0 Å². The molecule has 0 aromatic rings. The summed E-state index contributed by atoms with van der Waals surface area (Å²) in [5.41, 5.74) is 0. The normalized spacial score (nSPS) is 13.6. The van der Waals surface area contributed by atoms with Gasteiger partial charge >= 0.3 is 0 Å². The molecule has 5 heteroatoms. The molecule has 0 aromatic heterocycles. The average Bonchev–Trinajstić information content (AvgIpc) is 3.06. The molecule has 3 N–H and O–H groups in total. The zero-order valence-corrected chi connectivity index (χ0v) is 30.9. The quantitative estimate of drug-likeness (QED) is 0.0577. The molecule has 0 radical (unpaired) electrons. The molecule has 2 atom stereocenters. The highest BCUT2D eigenvalue weighted by Crippen LogP contribution is 2.17. The molecule has 0 saturated carbocycles.